The fourth-order valence-corrected chi connectivity index (χ4v) is 8.78. The van der Waals surface area contributed by atoms with Crippen molar-refractivity contribution in [3.05, 3.63) is 11.6 Å². The SMILES string of the molecule is CC(C)CCCC(C)C1CCC2C3CCC4=CCCC[C@]4(C)C3CC[C@]12C. The molecule has 0 radical (unpaired) electrons. The van der Waals surface area contributed by atoms with Crippen molar-refractivity contribution in [2.45, 2.75) is 112 Å². The molecular weight excluding hydrogens is 324 g/mol. The van der Waals surface area contributed by atoms with Gasteiger partial charge in [-0.15, -0.1) is 0 Å². The Morgan fingerprint density at radius 3 is 2.56 bits per heavy atom. The Morgan fingerprint density at radius 1 is 0.963 bits per heavy atom. The fourth-order valence-electron chi connectivity index (χ4n) is 8.78. The van der Waals surface area contributed by atoms with E-state index in [2.05, 4.69) is 40.7 Å². The Hall–Kier alpha value is -0.260. The van der Waals surface area contributed by atoms with Crippen molar-refractivity contribution in [2.75, 3.05) is 0 Å². The van der Waals surface area contributed by atoms with Crippen LogP contribution in [0.25, 0.3) is 0 Å². The fraction of sp³-hybridized carbons (Fsp3) is 0.926. The molecule has 7 atom stereocenters. The van der Waals surface area contributed by atoms with Crippen LogP contribution in [0.5, 0.6) is 0 Å². The van der Waals surface area contributed by atoms with E-state index in [1.165, 1.54) is 70.6 Å². The second kappa shape index (κ2) is 7.53. The van der Waals surface area contributed by atoms with Gasteiger partial charge < -0.3 is 0 Å². The Labute approximate surface area is 170 Å². The summed E-state index contributed by atoms with van der Waals surface area (Å²) in [4.78, 5) is 0. The van der Waals surface area contributed by atoms with Gasteiger partial charge in [0.2, 0.25) is 0 Å². The molecule has 0 aromatic rings. The van der Waals surface area contributed by atoms with Crippen LogP contribution in [0.2, 0.25) is 0 Å². The lowest BCUT2D eigenvalue weighted by Gasteiger charge is -2.58. The lowest BCUT2D eigenvalue weighted by Crippen LogP contribution is -2.50. The van der Waals surface area contributed by atoms with Crippen LogP contribution in [0.3, 0.4) is 0 Å². The Balaban J connectivity index is 1.48. The van der Waals surface area contributed by atoms with Gasteiger partial charge in [0.1, 0.15) is 0 Å². The molecule has 5 unspecified atom stereocenters. The average molecular weight is 371 g/mol. The third-order valence-corrected chi connectivity index (χ3v) is 10.2. The summed E-state index contributed by atoms with van der Waals surface area (Å²) in [6, 6.07) is 0. The number of hydrogen-bond donors (Lipinski definition) is 0. The van der Waals surface area contributed by atoms with E-state index in [4.69, 9.17) is 0 Å². The molecule has 0 saturated heterocycles. The zero-order chi connectivity index (χ0) is 19.2. The van der Waals surface area contributed by atoms with Crippen molar-refractivity contribution in [1.82, 2.24) is 0 Å². The number of rotatable bonds is 5. The van der Waals surface area contributed by atoms with E-state index in [0.717, 1.165) is 35.5 Å². The van der Waals surface area contributed by atoms with Crippen LogP contribution in [-0.4, -0.2) is 0 Å². The average Bonchev–Trinajstić information content (AvgIpc) is 2.98. The second-order valence-electron chi connectivity index (χ2n) is 12.0. The van der Waals surface area contributed by atoms with Crippen LogP contribution in [0.15, 0.2) is 11.6 Å². The maximum absolute atomic E-state index is 2.74. The molecule has 27 heavy (non-hydrogen) atoms. The van der Waals surface area contributed by atoms with Crippen molar-refractivity contribution in [2.24, 2.45) is 46.3 Å². The molecule has 4 aliphatic rings. The first-order valence-electron chi connectivity index (χ1n) is 12.6. The molecule has 3 saturated carbocycles. The van der Waals surface area contributed by atoms with E-state index in [9.17, 15) is 0 Å². The number of allylic oxidation sites excluding steroid dienone is 2. The summed E-state index contributed by atoms with van der Waals surface area (Å²) in [7, 11) is 0. The molecule has 0 spiro atoms. The van der Waals surface area contributed by atoms with E-state index >= 15 is 0 Å². The molecule has 0 amide bonds. The van der Waals surface area contributed by atoms with E-state index in [-0.39, 0.29) is 0 Å². The second-order valence-corrected chi connectivity index (χ2v) is 12.0. The minimum Gasteiger partial charge on any atom is -0.0848 e. The summed E-state index contributed by atoms with van der Waals surface area (Å²) >= 11 is 0. The van der Waals surface area contributed by atoms with Gasteiger partial charge in [0.15, 0.2) is 0 Å². The molecular formula is C27H46. The van der Waals surface area contributed by atoms with Gasteiger partial charge in [0, 0.05) is 0 Å². The summed E-state index contributed by atoms with van der Waals surface area (Å²) in [5.74, 6) is 5.91. The molecule has 0 nitrogen and oxygen atoms in total. The van der Waals surface area contributed by atoms with Gasteiger partial charge in [0.25, 0.3) is 0 Å². The highest BCUT2D eigenvalue weighted by atomic mass is 14.6. The minimum absolute atomic E-state index is 0.573. The zero-order valence-electron chi connectivity index (χ0n) is 19.0. The third kappa shape index (κ3) is 3.36. The van der Waals surface area contributed by atoms with Crippen molar-refractivity contribution in [1.29, 1.82) is 0 Å². The molecule has 0 heteroatoms. The minimum atomic E-state index is 0.573. The topological polar surface area (TPSA) is 0 Å². The highest BCUT2D eigenvalue weighted by Crippen LogP contribution is 2.67. The van der Waals surface area contributed by atoms with Crippen LogP contribution in [0.4, 0.5) is 0 Å². The third-order valence-electron chi connectivity index (χ3n) is 10.2. The van der Waals surface area contributed by atoms with Gasteiger partial charge in [-0.25, -0.2) is 0 Å². The molecule has 3 fully saturated rings. The standard InChI is InChI=1S/C27H46/c1-19(2)9-8-10-20(3)23-14-15-24-22-13-12-21-11-6-7-17-26(21,4)25(22)16-18-27(23,24)5/h11,19-20,22-25H,6-10,12-18H2,1-5H3/t20?,22?,23?,24?,25?,26-,27+/m0/s1. The Bertz CT molecular complexity index is 556. The molecule has 0 N–H and O–H groups in total. The van der Waals surface area contributed by atoms with E-state index in [0.29, 0.717) is 10.8 Å². The molecule has 0 bridgehead atoms. The van der Waals surface area contributed by atoms with Crippen molar-refractivity contribution >= 4 is 0 Å². The summed E-state index contributed by atoms with van der Waals surface area (Å²) < 4.78 is 0. The predicted molar refractivity (Wildman–Crippen MR) is 118 cm³/mol. The highest BCUT2D eigenvalue weighted by Gasteiger charge is 2.59. The molecule has 4 rings (SSSR count). The van der Waals surface area contributed by atoms with Crippen molar-refractivity contribution < 1.29 is 0 Å². The van der Waals surface area contributed by atoms with Gasteiger partial charge >= 0.3 is 0 Å². The summed E-state index contributed by atoms with van der Waals surface area (Å²) in [5.41, 5.74) is 3.10. The lowest BCUT2D eigenvalue weighted by molar-refractivity contribution is -0.0592. The van der Waals surface area contributed by atoms with Gasteiger partial charge in [-0.05, 0) is 104 Å². The molecule has 4 aliphatic carbocycles. The van der Waals surface area contributed by atoms with Gasteiger partial charge in [0.05, 0.1) is 0 Å². The zero-order valence-corrected chi connectivity index (χ0v) is 19.0. The molecule has 0 heterocycles. The maximum atomic E-state index is 2.74. The van der Waals surface area contributed by atoms with Crippen LogP contribution in [0, 0.1) is 46.3 Å². The highest BCUT2D eigenvalue weighted by molar-refractivity contribution is 5.23. The van der Waals surface area contributed by atoms with Gasteiger partial charge in [-0.2, -0.15) is 0 Å². The summed E-state index contributed by atoms with van der Waals surface area (Å²) in [6.45, 7) is 12.8. The first kappa shape index (κ1) is 20.0. The predicted octanol–water partition coefficient (Wildman–Crippen LogP) is 8.42. The number of hydrogen-bond acceptors (Lipinski definition) is 0. The van der Waals surface area contributed by atoms with Gasteiger partial charge in [-0.3, -0.25) is 0 Å². The van der Waals surface area contributed by atoms with E-state index in [1.807, 2.05) is 5.57 Å². The molecule has 0 aromatic carbocycles. The van der Waals surface area contributed by atoms with Crippen LogP contribution < -0.4 is 0 Å². The van der Waals surface area contributed by atoms with Crippen LogP contribution >= 0.6 is 0 Å². The smallest absolute Gasteiger partial charge is 0.00853 e. The maximum Gasteiger partial charge on any atom is -0.00853 e. The molecule has 0 aromatic heterocycles. The van der Waals surface area contributed by atoms with Crippen LogP contribution in [-0.2, 0) is 0 Å². The van der Waals surface area contributed by atoms with Gasteiger partial charge in [-0.1, -0.05) is 65.5 Å². The molecule has 154 valence electrons. The normalized spacial score (nSPS) is 45.0. The number of fused-ring (bicyclic) bond motifs is 5. The summed E-state index contributed by atoms with van der Waals surface area (Å²) in [6.07, 6.45) is 20.4. The summed E-state index contributed by atoms with van der Waals surface area (Å²) in [5, 5.41) is 0. The Kier molecular flexibility index (Phi) is 5.59. The quantitative estimate of drug-likeness (QED) is 0.426. The van der Waals surface area contributed by atoms with E-state index < -0.39 is 0 Å². The first-order valence-corrected chi connectivity index (χ1v) is 12.6. The lowest BCUT2D eigenvalue weighted by atomic mass is 9.46. The largest absolute Gasteiger partial charge is 0.0848 e. The van der Waals surface area contributed by atoms with Crippen molar-refractivity contribution in [3.63, 3.8) is 0 Å². The van der Waals surface area contributed by atoms with Crippen molar-refractivity contribution in [3.8, 4) is 0 Å². The Morgan fingerprint density at radius 2 is 1.78 bits per heavy atom. The van der Waals surface area contributed by atoms with Crippen LogP contribution in [0.1, 0.15) is 112 Å². The molecule has 0 aliphatic heterocycles. The monoisotopic (exact) mass is 370 g/mol. The first-order chi connectivity index (χ1) is 12.9. The van der Waals surface area contributed by atoms with E-state index in [1.54, 1.807) is 6.42 Å².